The summed E-state index contributed by atoms with van der Waals surface area (Å²) in [6.45, 7) is 2.24. The minimum absolute atomic E-state index is 0.0379. The zero-order valence-electron chi connectivity index (χ0n) is 10.4. The number of primary amides is 1. The summed E-state index contributed by atoms with van der Waals surface area (Å²) >= 11 is 0. The molecule has 1 amide bonds. The summed E-state index contributed by atoms with van der Waals surface area (Å²) in [5.74, 6) is 0. The molecule has 0 aromatic carbocycles. The molecule has 0 radical (unpaired) electrons. The van der Waals surface area contributed by atoms with Gasteiger partial charge in [0, 0.05) is 25.5 Å². The van der Waals surface area contributed by atoms with Gasteiger partial charge in [-0.2, -0.15) is 0 Å². The standard InChI is InChI=1S/C10H16N4O4S/c1-2-13-8-3-4-12-7-9(8)19(16,17)14-5-6-18-10(11)15/h3-4,7,14H,2,5-6H2,1H3,(H2,11,15)(H,12,13). The minimum Gasteiger partial charge on any atom is -0.448 e. The number of nitrogens with zero attached hydrogens (tertiary/aromatic N) is 1. The van der Waals surface area contributed by atoms with Crippen LogP contribution in [0.1, 0.15) is 6.92 Å². The molecule has 1 rings (SSSR count). The average molecular weight is 288 g/mol. The number of amides is 1. The molecule has 0 saturated heterocycles. The molecule has 0 aliphatic carbocycles. The lowest BCUT2D eigenvalue weighted by molar-refractivity contribution is 0.159. The number of hydrogen-bond donors (Lipinski definition) is 3. The Morgan fingerprint density at radius 1 is 1.53 bits per heavy atom. The summed E-state index contributed by atoms with van der Waals surface area (Å²) in [6, 6.07) is 1.57. The van der Waals surface area contributed by atoms with E-state index in [1.54, 1.807) is 6.07 Å². The van der Waals surface area contributed by atoms with E-state index in [1.807, 2.05) is 6.92 Å². The van der Waals surface area contributed by atoms with E-state index in [1.165, 1.54) is 12.4 Å². The van der Waals surface area contributed by atoms with Crippen LogP contribution in [0, 0.1) is 0 Å². The third-order valence-electron chi connectivity index (χ3n) is 2.08. The fraction of sp³-hybridized carbons (Fsp3) is 0.400. The number of pyridine rings is 1. The number of hydrogen-bond acceptors (Lipinski definition) is 6. The predicted octanol–water partition coefficient (Wildman–Crippen LogP) is -0.113. The predicted molar refractivity (Wildman–Crippen MR) is 69.1 cm³/mol. The van der Waals surface area contributed by atoms with Crippen LogP contribution in [-0.4, -0.2) is 39.2 Å². The first-order chi connectivity index (χ1) is 8.97. The van der Waals surface area contributed by atoms with E-state index in [0.717, 1.165) is 0 Å². The molecule has 0 atom stereocenters. The molecule has 0 saturated carbocycles. The highest BCUT2D eigenvalue weighted by molar-refractivity contribution is 7.89. The number of sulfonamides is 1. The Balaban J connectivity index is 2.74. The first-order valence-electron chi connectivity index (χ1n) is 5.57. The Bertz CT molecular complexity index is 532. The molecule has 8 nitrogen and oxygen atoms in total. The van der Waals surface area contributed by atoms with Crippen molar-refractivity contribution >= 4 is 21.8 Å². The van der Waals surface area contributed by atoms with Crippen molar-refractivity contribution < 1.29 is 17.9 Å². The second-order valence-corrected chi connectivity index (χ2v) is 5.20. The van der Waals surface area contributed by atoms with E-state index in [-0.39, 0.29) is 18.0 Å². The summed E-state index contributed by atoms with van der Waals surface area (Å²) in [7, 11) is -3.72. The second kappa shape index (κ2) is 6.90. The summed E-state index contributed by atoms with van der Waals surface area (Å²) in [5, 5.41) is 2.93. The summed E-state index contributed by atoms with van der Waals surface area (Å²) in [5.41, 5.74) is 5.22. The quantitative estimate of drug-likeness (QED) is 0.601. The van der Waals surface area contributed by atoms with Crippen LogP contribution in [0.2, 0.25) is 0 Å². The number of nitrogens with two attached hydrogens (primary N) is 1. The van der Waals surface area contributed by atoms with Gasteiger partial charge in [0.1, 0.15) is 11.5 Å². The van der Waals surface area contributed by atoms with E-state index < -0.39 is 16.1 Å². The number of ether oxygens (including phenoxy) is 1. The van der Waals surface area contributed by atoms with Crippen LogP contribution in [0.15, 0.2) is 23.4 Å². The van der Waals surface area contributed by atoms with Crippen molar-refractivity contribution in [1.82, 2.24) is 9.71 Å². The average Bonchev–Trinajstić information content (AvgIpc) is 2.35. The van der Waals surface area contributed by atoms with Crippen molar-refractivity contribution in [3.8, 4) is 0 Å². The van der Waals surface area contributed by atoms with E-state index in [9.17, 15) is 13.2 Å². The summed E-state index contributed by atoms with van der Waals surface area (Å²) in [6.07, 6.45) is 1.79. The molecule has 1 heterocycles. The Hall–Kier alpha value is -1.87. The lowest BCUT2D eigenvalue weighted by atomic mass is 10.4. The molecule has 9 heteroatoms. The van der Waals surface area contributed by atoms with Crippen molar-refractivity contribution in [3.63, 3.8) is 0 Å². The molecule has 1 aromatic heterocycles. The van der Waals surface area contributed by atoms with Crippen molar-refractivity contribution in [2.45, 2.75) is 11.8 Å². The van der Waals surface area contributed by atoms with E-state index in [2.05, 4.69) is 19.8 Å². The van der Waals surface area contributed by atoms with Gasteiger partial charge in [-0.25, -0.2) is 17.9 Å². The van der Waals surface area contributed by atoms with Crippen LogP contribution in [-0.2, 0) is 14.8 Å². The molecule has 0 aliphatic heterocycles. The molecule has 19 heavy (non-hydrogen) atoms. The van der Waals surface area contributed by atoms with Gasteiger partial charge in [-0.05, 0) is 13.0 Å². The fourth-order valence-electron chi connectivity index (χ4n) is 1.34. The zero-order valence-corrected chi connectivity index (χ0v) is 11.2. The van der Waals surface area contributed by atoms with Gasteiger partial charge < -0.3 is 15.8 Å². The lowest BCUT2D eigenvalue weighted by Crippen LogP contribution is -2.29. The van der Waals surface area contributed by atoms with Crippen LogP contribution in [0.4, 0.5) is 10.5 Å². The number of aromatic nitrogens is 1. The van der Waals surface area contributed by atoms with Gasteiger partial charge in [0.25, 0.3) is 0 Å². The van der Waals surface area contributed by atoms with Crippen LogP contribution in [0.25, 0.3) is 0 Å². The molecule has 106 valence electrons. The maximum Gasteiger partial charge on any atom is 0.404 e. The van der Waals surface area contributed by atoms with Gasteiger partial charge in [-0.1, -0.05) is 0 Å². The van der Waals surface area contributed by atoms with Gasteiger partial charge in [0.05, 0.1) is 5.69 Å². The first-order valence-corrected chi connectivity index (χ1v) is 7.05. The van der Waals surface area contributed by atoms with Crippen LogP contribution < -0.4 is 15.8 Å². The molecule has 0 aliphatic rings. The van der Waals surface area contributed by atoms with Crippen LogP contribution >= 0.6 is 0 Å². The molecular weight excluding hydrogens is 272 g/mol. The monoisotopic (exact) mass is 288 g/mol. The molecule has 0 unspecified atom stereocenters. The Morgan fingerprint density at radius 3 is 2.89 bits per heavy atom. The number of nitrogens with one attached hydrogen (secondary N) is 2. The Morgan fingerprint density at radius 2 is 2.26 bits per heavy atom. The number of anilines is 1. The van der Waals surface area contributed by atoms with Crippen LogP contribution in [0.3, 0.4) is 0 Å². The third kappa shape index (κ3) is 4.72. The zero-order chi connectivity index (χ0) is 14.3. The third-order valence-corrected chi connectivity index (χ3v) is 3.57. The SMILES string of the molecule is CCNc1ccncc1S(=O)(=O)NCCOC(N)=O. The maximum absolute atomic E-state index is 12.0. The van der Waals surface area contributed by atoms with Crippen LogP contribution in [0.5, 0.6) is 0 Å². The molecule has 0 fully saturated rings. The fourth-order valence-corrected chi connectivity index (χ4v) is 2.47. The second-order valence-electron chi connectivity index (χ2n) is 3.47. The van der Waals surface area contributed by atoms with Gasteiger partial charge in [0.2, 0.25) is 10.0 Å². The molecule has 4 N–H and O–H groups in total. The smallest absolute Gasteiger partial charge is 0.404 e. The topological polar surface area (TPSA) is 123 Å². The minimum atomic E-state index is -3.72. The number of rotatable bonds is 7. The van der Waals surface area contributed by atoms with E-state index >= 15 is 0 Å². The number of carbonyl (C=O) groups excluding carboxylic acids is 1. The van der Waals surface area contributed by atoms with Crippen molar-refractivity contribution in [3.05, 3.63) is 18.5 Å². The lowest BCUT2D eigenvalue weighted by Gasteiger charge is -2.11. The van der Waals surface area contributed by atoms with Crippen molar-refractivity contribution in [2.75, 3.05) is 25.0 Å². The van der Waals surface area contributed by atoms with E-state index in [0.29, 0.717) is 12.2 Å². The van der Waals surface area contributed by atoms with Gasteiger partial charge in [-0.3, -0.25) is 4.98 Å². The maximum atomic E-state index is 12.0. The van der Waals surface area contributed by atoms with E-state index in [4.69, 9.17) is 5.73 Å². The van der Waals surface area contributed by atoms with Gasteiger partial charge in [-0.15, -0.1) is 0 Å². The highest BCUT2D eigenvalue weighted by Gasteiger charge is 2.18. The molecule has 0 bridgehead atoms. The molecule has 1 aromatic rings. The Labute approximate surface area is 111 Å². The first kappa shape index (κ1) is 15.2. The van der Waals surface area contributed by atoms with Crippen molar-refractivity contribution in [2.24, 2.45) is 5.73 Å². The summed E-state index contributed by atoms with van der Waals surface area (Å²) < 4.78 is 30.7. The number of carbonyl (C=O) groups is 1. The van der Waals surface area contributed by atoms with Crippen molar-refractivity contribution in [1.29, 1.82) is 0 Å². The summed E-state index contributed by atoms with van der Waals surface area (Å²) in [4.78, 5) is 14.2. The van der Waals surface area contributed by atoms with Gasteiger partial charge in [0.15, 0.2) is 0 Å². The van der Waals surface area contributed by atoms with Gasteiger partial charge >= 0.3 is 6.09 Å². The largest absolute Gasteiger partial charge is 0.448 e. The highest BCUT2D eigenvalue weighted by Crippen LogP contribution is 2.18. The normalized spacial score (nSPS) is 11.0. The Kier molecular flexibility index (Phi) is 5.52. The molecule has 0 spiro atoms. The molecular formula is C10H16N4O4S. The highest BCUT2D eigenvalue weighted by atomic mass is 32.2.